The second kappa shape index (κ2) is 24.5. The molecular weight excluding hydrogens is 905 g/mol. The Balaban J connectivity index is 1.49. The zero-order valence-corrected chi connectivity index (χ0v) is 40.4. The number of benzene rings is 2. The number of amides is 7. The van der Waals surface area contributed by atoms with E-state index in [1.807, 2.05) is 55.7 Å². The Morgan fingerprint density at radius 1 is 0.853 bits per heavy atom. The number of nitrogens with one attached hydrogen (secondary N) is 3. The molecule has 370 valence electrons. The molecule has 7 amide bonds. The van der Waals surface area contributed by atoms with Gasteiger partial charge in [-0.3, -0.25) is 33.7 Å². The Bertz CT molecular complexity index is 2280. The van der Waals surface area contributed by atoms with Gasteiger partial charge in [0, 0.05) is 89.5 Å². The maximum Gasteiger partial charge on any atom is 0.407 e. The largest absolute Gasteiger partial charge is 0.465 e. The summed E-state index contributed by atoms with van der Waals surface area (Å²) in [6.45, 7) is 10.2. The van der Waals surface area contributed by atoms with Crippen LogP contribution in [0.3, 0.4) is 0 Å². The summed E-state index contributed by atoms with van der Waals surface area (Å²) in [5.41, 5.74) is 0.919. The van der Waals surface area contributed by atoms with Crippen molar-refractivity contribution < 1.29 is 62.2 Å². The van der Waals surface area contributed by atoms with Gasteiger partial charge in [0.25, 0.3) is 11.8 Å². The molecule has 21 heteroatoms. The van der Waals surface area contributed by atoms with Gasteiger partial charge in [-0.15, -0.1) is 5.06 Å². The third-order valence-corrected chi connectivity index (χ3v) is 12.8. The van der Waals surface area contributed by atoms with E-state index in [0.29, 0.717) is 22.4 Å². The number of aromatic nitrogens is 1. The van der Waals surface area contributed by atoms with Crippen LogP contribution in [0.5, 0.6) is 0 Å². The van der Waals surface area contributed by atoms with Crippen molar-refractivity contribution in [3.05, 3.63) is 83.7 Å². The van der Waals surface area contributed by atoms with E-state index in [4.69, 9.17) is 4.84 Å². The topological polar surface area (TPSA) is 237 Å². The Kier molecular flexibility index (Phi) is 19.5. The number of aliphatic hydroxyl groups is 1. The van der Waals surface area contributed by atoms with Crippen molar-refractivity contribution in [3.8, 4) is 11.1 Å². The van der Waals surface area contributed by atoms with Crippen molar-refractivity contribution in [2.24, 2.45) is 5.41 Å². The summed E-state index contributed by atoms with van der Waals surface area (Å²) in [6, 6.07) is 12.4. The standard InChI is InChI=1S/C47H63F2N7O11Si/c1-47(2,3)44(37-25-32(34-26-33(48)15-16-35(34)49)29-53(37)28-31-11-8-7-9-12-31)55(42(62)30-57)22-19-36(54(46(65)66)23-24-68(4,5)6)45(64)51-21-20-50-39(59)27-52-38(58)13-10-14-43(63)67-56-40(60)17-18-41(56)61/h7-9,11-12,15-16,25-26,29,36,44,57H,10,13-14,17-24,27-28,30H2,1-6H3,(H,50,59)(H,51,64)(H,52,58)(H,65,66). The van der Waals surface area contributed by atoms with E-state index in [9.17, 15) is 53.0 Å². The highest BCUT2D eigenvalue weighted by atomic mass is 28.3. The SMILES string of the molecule is CC(C)(C)C(c1cc(-c2cc(F)ccc2F)cn1Cc1ccccc1)N(CCC(C(=O)NCCNC(=O)CNC(=O)CCCC(=O)ON1C(=O)CCC1=O)N(CC[Si](C)(C)C)C(=O)O)C(=O)CO. The average Bonchev–Trinajstić information content (AvgIpc) is 3.82. The lowest BCUT2D eigenvalue weighted by molar-refractivity contribution is -0.197. The van der Waals surface area contributed by atoms with Crippen LogP contribution in [0.15, 0.2) is 60.8 Å². The number of carboxylic acid groups (broad SMARTS) is 1. The van der Waals surface area contributed by atoms with Gasteiger partial charge in [-0.1, -0.05) is 70.7 Å². The highest BCUT2D eigenvalue weighted by Crippen LogP contribution is 2.41. The van der Waals surface area contributed by atoms with Crippen LogP contribution in [-0.2, 0) is 44.9 Å². The van der Waals surface area contributed by atoms with Crippen LogP contribution in [0.2, 0.25) is 25.7 Å². The molecule has 4 rings (SSSR count). The first-order valence-electron chi connectivity index (χ1n) is 22.5. The lowest BCUT2D eigenvalue weighted by atomic mass is 9.82. The van der Waals surface area contributed by atoms with E-state index in [0.717, 1.165) is 28.7 Å². The van der Waals surface area contributed by atoms with Gasteiger partial charge in [-0.25, -0.2) is 18.4 Å². The maximum absolute atomic E-state index is 15.3. The summed E-state index contributed by atoms with van der Waals surface area (Å²) in [6.07, 6.45) is -0.421. The van der Waals surface area contributed by atoms with Crippen molar-refractivity contribution >= 4 is 55.6 Å². The molecule has 18 nitrogen and oxygen atoms in total. The molecule has 2 atom stereocenters. The molecule has 5 N–H and O–H groups in total. The van der Waals surface area contributed by atoms with Crippen LogP contribution in [0, 0.1) is 17.0 Å². The molecule has 1 aliphatic rings. The number of nitrogens with zero attached hydrogens (tertiary/aromatic N) is 4. The van der Waals surface area contributed by atoms with E-state index in [1.165, 1.54) is 4.90 Å². The second-order valence-electron chi connectivity index (χ2n) is 18.8. The van der Waals surface area contributed by atoms with E-state index >= 15 is 4.39 Å². The number of imide groups is 1. The van der Waals surface area contributed by atoms with E-state index in [-0.39, 0.29) is 76.8 Å². The van der Waals surface area contributed by atoms with Crippen LogP contribution < -0.4 is 16.0 Å². The average molecular weight is 968 g/mol. The third kappa shape index (κ3) is 16.1. The first-order valence-corrected chi connectivity index (χ1v) is 26.2. The number of halogens is 2. The number of hydroxylamine groups is 2. The fraction of sp³-hybridized carbons (Fsp3) is 0.489. The minimum absolute atomic E-state index is 0.00566. The number of carbonyl (C=O) groups is 8. The van der Waals surface area contributed by atoms with Gasteiger partial charge in [-0.2, -0.15) is 0 Å². The van der Waals surface area contributed by atoms with Crippen LogP contribution >= 0.6 is 0 Å². The van der Waals surface area contributed by atoms with Gasteiger partial charge >= 0.3 is 12.1 Å². The Morgan fingerprint density at radius 2 is 1.51 bits per heavy atom. The monoisotopic (exact) mass is 967 g/mol. The molecule has 2 heterocycles. The van der Waals surface area contributed by atoms with Crippen molar-refractivity contribution in [2.45, 2.75) is 104 Å². The van der Waals surface area contributed by atoms with Crippen LogP contribution in [0.25, 0.3) is 11.1 Å². The molecular formula is C47H63F2N7O11Si. The molecule has 0 radical (unpaired) electrons. The number of rotatable bonds is 24. The highest BCUT2D eigenvalue weighted by Gasteiger charge is 2.39. The molecule has 0 saturated carbocycles. The maximum atomic E-state index is 15.3. The molecule has 1 aromatic heterocycles. The molecule has 68 heavy (non-hydrogen) atoms. The summed E-state index contributed by atoms with van der Waals surface area (Å²) in [5.74, 6) is -6.02. The quantitative estimate of drug-likeness (QED) is 0.0473. The minimum atomic E-state index is -1.87. The molecule has 0 bridgehead atoms. The Hall–Kier alpha value is -6.48. The number of aliphatic hydroxyl groups excluding tert-OH is 1. The predicted octanol–water partition coefficient (Wildman–Crippen LogP) is 4.59. The molecule has 2 aromatic carbocycles. The summed E-state index contributed by atoms with van der Waals surface area (Å²) in [7, 11) is -1.87. The summed E-state index contributed by atoms with van der Waals surface area (Å²) in [4.78, 5) is 108. The number of hydrogen-bond donors (Lipinski definition) is 5. The zero-order valence-electron chi connectivity index (χ0n) is 39.4. The van der Waals surface area contributed by atoms with Crippen molar-refractivity contribution in [1.82, 2.24) is 35.4 Å². The summed E-state index contributed by atoms with van der Waals surface area (Å²) >= 11 is 0. The number of carbonyl (C=O) groups excluding carboxylic acids is 7. The van der Waals surface area contributed by atoms with E-state index < -0.39 is 97.9 Å². The predicted molar refractivity (Wildman–Crippen MR) is 248 cm³/mol. The molecule has 1 saturated heterocycles. The van der Waals surface area contributed by atoms with Crippen molar-refractivity contribution in [2.75, 3.05) is 39.3 Å². The normalized spacial score (nSPS) is 13.7. The van der Waals surface area contributed by atoms with Gasteiger partial charge in [0.2, 0.25) is 23.6 Å². The summed E-state index contributed by atoms with van der Waals surface area (Å²) < 4.78 is 31.6. The van der Waals surface area contributed by atoms with Crippen molar-refractivity contribution in [3.63, 3.8) is 0 Å². The highest BCUT2D eigenvalue weighted by molar-refractivity contribution is 6.76. The van der Waals surface area contributed by atoms with Gasteiger partial charge in [-0.05, 0) is 54.1 Å². The molecule has 2 unspecified atom stereocenters. The van der Waals surface area contributed by atoms with Crippen molar-refractivity contribution in [1.29, 1.82) is 0 Å². The molecule has 1 fully saturated rings. The minimum Gasteiger partial charge on any atom is -0.465 e. The molecule has 0 aliphatic carbocycles. The van der Waals surface area contributed by atoms with Gasteiger partial charge < -0.3 is 40.5 Å². The van der Waals surface area contributed by atoms with Gasteiger partial charge in [0.1, 0.15) is 24.3 Å². The first-order chi connectivity index (χ1) is 32.0. The molecule has 0 spiro atoms. The van der Waals surface area contributed by atoms with E-state index in [1.54, 1.807) is 12.3 Å². The Morgan fingerprint density at radius 3 is 2.13 bits per heavy atom. The zero-order chi connectivity index (χ0) is 50.3. The first kappa shape index (κ1) is 54.1. The number of hydrogen-bond acceptors (Lipinski definition) is 10. The van der Waals surface area contributed by atoms with E-state index in [2.05, 4.69) is 35.6 Å². The van der Waals surface area contributed by atoms with Crippen LogP contribution in [0.4, 0.5) is 13.6 Å². The van der Waals surface area contributed by atoms with Gasteiger partial charge in [0.15, 0.2) is 0 Å². The summed E-state index contributed by atoms with van der Waals surface area (Å²) in [5, 5.41) is 28.9. The lowest BCUT2D eigenvalue weighted by Gasteiger charge is -2.41. The fourth-order valence-electron chi connectivity index (χ4n) is 7.66. The third-order valence-electron chi connectivity index (χ3n) is 11.1. The lowest BCUT2D eigenvalue weighted by Crippen LogP contribution is -2.53. The Labute approximate surface area is 395 Å². The molecule has 1 aliphatic heterocycles. The van der Waals surface area contributed by atoms with Crippen LogP contribution in [-0.4, -0.2) is 131 Å². The fourth-order valence-corrected chi connectivity index (χ4v) is 8.58. The van der Waals surface area contributed by atoms with Crippen LogP contribution in [0.1, 0.15) is 76.6 Å². The molecule has 3 aromatic rings. The second-order valence-corrected chi connectivity index (χ2v) is 24.4. The smallest absolute Gasteiger partial charge is 0.407 e. The van der Waals surface area contributed by atoms with Gasteiger partial charge in [0.05, 0.1) is 12.6 Å².